The fraction of sp³-hybridized carbons (Fsp3) is 0.111. The molecular formula is C27H22F3N9O2. The van der Waals surface area contributed by atoms with Crippen molar-refractivity contribution in [2.45, 2.75) is 19.1 Å². The van der Waals surface area contributed by atoms with Gasteiger partial charge >= 0.3 is 6.18 Å². The number of hydrogen-bond donors (Lipinski definition) is 4. The standard InChI is InChI=1S/C27H22F3N9O2/c28-27(29,30)17-9-11-33-20(13-17)37-26(41)16-7-5-15(6-8-16)23-22-24(32)34-14-35-25(22)39(38-23)12-10-21(40)36-19-4-2-1-3-18(19)31/h1-9,11,13-14H,10,12,31H2,(H,36,40)(H2,32,34,35)(H,33,37,41). The Morgan fingerprint density at radius 2 is 1.68 bits per heavy atom. The zero-order chi connectivity index (χ0) is 29.1. The van der Waals surface area contributed by atoms with Gasteiger partial charge in [0.25, 0.3) is 5.91 Å². The molecule has 14 heteroatoms. The molecule has 3 aromatic heterocycles. The molecule has 5 aromatic rings. The Labute approximate surface area is 230 Å². The van der Waals surface area contributed by atoms with Crippen LogP contribution in [0.25, 0.3) is 22.3 Å². The number of pyridine rings is 1. The first-order chi connectivity index (χ1) is 19.6. The third kappa shape index (κ3) is 5.90. The van der Waals surface area contributed by atoms with Crippen molar-refractivity contribution in [3.8, 4) is 11.3 Å². The summed E-state index contributed by atoms with van der Waals surface area (Å²) in [6, 6.07) is 14.7. The third-order valence-electron chi connectivity index (χ3n) is 6.09. The monoisotopic (exact) mass is 561 g/mol. The number of halogens is 3. The number of nitrogens with one attached hydrogen (secondary N) is 2. The summed E-state index contributed by atoms with van der Waals surface area (Å²) in [7, 11) is 0. The van der Waals surface area contributed by atoms with Gasteiger partial charge in [0.2, 0.25) is 5.91 Å². The average Bonchev–Trinajstić information content (AvgIpc) is 3.33. The smallest absolute Gasteiger partial charge is 0.397 e. The van der Waals surface area contributed by atoms with Crippen LogP contribution in [0.1, 0.15) is 22.3 Å². The molecule has 0 saturated heterocycles. The van der Waals surface area contributed by atoms with Gasteiger partial charge in [-0.05, 0) is 36.4 Å². The van der Waals surface area contributed by atoms with Gasteiger partial charge in [-0.3, -0.25) is 9.59 Å². The van der Waals surface area contributed by atoms with Crippen molar-refractivity contribution in [3.63, 3.8) is 0 Å². The lowest BCUT2D eigenvalue weighted by molar-refractivity contribution is -0.137. The van der Waals surface area contributed by atoms with Crippen LogP contribution in [0.2, 0.25) is 0 Å². The van der Waals surface area contributed by atoms with Crippen molar-refractivity contribution in [3.05, 3.63) is 84.3 Å². The van der Waals surface area contributed by atoms with Gasteiger partial charge < -0.3 is 22.1 Å². The van der Waals surface area contributed by atoms with E-state index in [1.807, 2.05) is 0 Å². The lowest BCUT2D eigenvalue weighted by Gasteiger charge is -2.09. The Bertz CT molecular complexity index is 1750. The summed E-state index contributed by atoms with van der Waals surface area (Å²) in [4.78, 5) is 37.3. The Balaban J connectivity index is 1.35. The van der Waals surface area contributed by atoms with E-state index in [0.717, 1.165) is 18.3 Å². The van der Waals surface area contributed by atoms with Crippen LogP contribution in [0, 0.1) is 0 Å². The van der Waals surface area contributed by atoms with Gasteiger partial charge in [-0.1, -0.05) is 24.3 Å². The van der Waals surface area contributed by atoms with E-state index in [1.165, 1.54) is 23.1 Å². The molecule has 0 spiro atoms. The van der Waals surface area contributed by atoms with Crippen LogP contribution in [0.3, 0.4) is 0 Å². The molecule has 208 valence electrons. The molecule has 0 unspecified atom stereocenters. The van der Waals surface area contributed by atoms with Crippen LogP contribution in [0.5, 0.6) is 0 Å². The molecule has 0 fully saturated rings. The number of nitrogens with zero attached hydrogens (tertiary/aromatic N) is 5. The van der Waals surface area contributed by atoms with Crippen LogP contribution in [-0.2, 0) is 17.5 Å². The van der Waals surface area contributed by atoms with Crippen LogP contribution < -0.4 is 22.1 Å². The third-order valence-corrected chi connectivity index (χ3v) is 6.09. The summed E-state index contributed by atoms with van der Waals surface area (Å²) in [6.07, 6.45) is -2.24. The number of anilines is 4. The lowest BCUT2D eigenvalue weighted by Crippen LogP contribution is -2.16. The van der Waals surface area contributed by atoms with Crippen molar-refractivity contribution < 1.29 is 22.8 Å². The molecule has 0 aliphatic carbocycles. The van der Waals surface area contributed by atoms with Crippen LogP contribution >= 0.6 is 0 Å². The van der Waals surface area contributed by atoms with Crippen molar-refractivity contribution in [2.75, 3.05) is 22.1 Å². The van der Waals surface area contributed by atoms with Gasteiger partial charge in [0.05, 0.1) is 28.9 Å². The topological polar surface area (TPSA) is 167 Å². The summed E-state index contributed by atoms with van der Waals surface area (Å²) in [5.41, 5.74) is 13.6. The van der Waals surface area contributed by atoms with E-state index in [2.05, 4.69) is 30.7 Å². The van der Waals surface area contributed by atoms with Crippen LogP contribution in [0.4, 0.5) is 36.2 Å². The number of amides is 2. The Hall–Kier alpha value is -5.53. The largest absolute Gasteiger partial charge is 0.416 e. The molecule has 0 radical (unpaired) electrons. The first-order valence-electron chi connectivity index (χ1n) is 12.2. The number of para-hydroxylation sites is 2. The number of aromatic nitrogens is 5. The number of aryl methyl sites for hydroxylation is 1. The first kappa shape index (κ1) is 27.1. The molecule has 0 aliphatic rings. The van der Waals surface area contributed by atoms with Crippen molar-refractivity contribution in [1.82, 2.24) is 24.7 Å². The molecule has 2 aromatic carbocycles. The first-order valence-corrected chi connectivity index (χ1v) is 12.2. The maximum Gasteiger partial charge on any atom is 0.416 e. The van der Waals surface area contributed by atoms with Gasteiger partial charge in [-0.25, -0.2) is 19.6 Å². The highest BCUT2D eigenvalue weighted by atomic mass is 19.4. The maximum atomic E-state index is 13.0. The van der Waals surface area contributed by atoms with E-state index in [-0.39, 0.29) is 36.1 Å². The van der Waals surface area contributed by atoms with Gasteiger partial charge in [-0.15, -0.1) is 0 Å². The molecule has 0 saturated carbocycles. The number of benzene rings is 2. The van der Waals surface area contributed by atoms with Crippen molar-refractivity contribution in [1.29, 1.82) is 0 Å². The van der Waals surface area contributed by atoms with E-state index >= 15 is 0 Å². The number of nitrogens with two attached hydrogens (primary N) is 2. The zero-order valence-electron chi connectivity index (χ0n) is 21.2. The van der Waals surface area contributed by atoms with Gasteiger partial charge in [0.15, 0.2) is 5.65 Å². The predicted octanol–water partition coefficient (Wildman–Crippen LogP) is 4.35. The molecular weight excluding hydrogens is 539 g/mol. The quantitative estimate of drug-likeness (QED) is 0.213. The number of alkyl halides is 3. The minimum atomic E-state index is -4.57. The van der Waals surface area contributed by atoms with Crippen molar-refractivity contribution >= 4 is 45.9 Å². The van der Waals surface area contributed by atoms with E-state index in [1.54, 1.807) is 36.4 Å². The minimum absolute atomic E-state index is 0.0666. The number of nitrogen functional groups attached to an aromatic ring is 2. The summed E-state index contributed by atoms with van der Waals surface area (Å²) in [5.74, 6) is -0.981. The van der Waals surface area contributed by atoms with E-state index < -0.39 is 17.6 Å². The fourth-order valence-electron chi connectivity index (χ4n) is 4.06. The summed E-state index contributed by atoms with van der Waals surface area (Å²) < 4.78 is 40.5. The maximum absolute atomic E-state index is 13.0. The fourth-order valence-corrected chi connectivity index (χ4v) is 4.06. The molecule has 0 bridgehead atoms. The second kappa shape index (κ2) is 10.9. The van der Waals surface area contributed by atoms with Crippen molar-refractivity contribution in [2.24, 2.45) is 0 Å². The van der Waals surface area contributed by atoms with Gasteiger partial charge in [0.1, 0.15) is 23.7 Å². The number of hydrogen-bond acceptors (Lipinski definition) is 8. The second-order valence-corrected chi connectivity index (χ2v) is 8.87. The number of fused-ring (bicyclic) bond motifs is 1. The number of rotatable bonds is 7. The molecule has 0 aliphatic heterocycles. The highest BCUT2D eigenvalue weighted by Crippen LogP contribution is 2.31. The Morgan fingerprint density at radius 1 is 0.927 bits per heavy atom. The Kier molecular flexibility index (Phi) is 7.20. The SMILES string of the molecule is Nc1ccccc1NC(=O)CCn1nc(-c2ccc(C(=O)Nc3cc(C(F)(F)F)ccn3)cc2)c2c(N)ncnc21. The number of carbonyl (C=O) groups is 2. The van der Waals surface area contributed by atoms with Crippen LogP contribution in [0.15, 0.2) is 73.2 Å². The van der Waals surface area contributed by atoms with Gasteiger partial charge in [0, 0.05) is 23.7 Å². The van der Waals surface area contributed by atoms with E-state index in [4.69, 9.17) is 11.5 Å². The molecule has 41 heavy (non-hydrogen) atoms. The molecule has 3 heterocycles. The Morgan fingerprint density at radius 3 is 2.41 bits per heavy atom. The average molecular weight is 562 g/mol. The minimum Gasteiger partial charge on any atom is -0.397 e. The predicted molar refractivity (Wildman–Crippen MR) is 146 cm³/mol. The molecule has 11 nitrogen and oxygen atoms in total. The van der Waals surface area contributed by atoms with Gasteiger partial charge in [-0.2, -0.15) is 18.3 Å². The lowest BCUT2D eigenvalue weighted by atomic mass is 10.1. The normalized spacial score (nSPS) is 11.4. The number of carbonyl (C=O) groups excluding carboxylic acids is 2. The van der Waals surface area contributed by atoms with Crippen LogP contribution in [-0.4, -0.2) is 36.5 Å². The second-order valence-electron chi connectivity index (χ2n) is 8.87. The summed E-state index contributed by atoms with van der Waals surface area (Å²) >= 11 is 0. The van der Waals surface area contributed by atoms with E-state index in [9.17, 15) is 22.8 Å². The summed E-state index contributed by atoms with van der Waals surface area (Å²) in [6.45, 7) is 0.177. The highest BCUT2D eigenvalue weighted by molar-refractivity contribution is 6.04. The molecule has 2 amide bonds. The molecule has 5 rings (SSSR count). The van der Waals surface area contributed by atoms with E-state index in [0.29, 0.717) is 33.7 Å². The molecule has 6 N–H and O–H groups in total. The summed E-state index contributed by atoms with van der Waals surface area (Å²) in [5, 5.41) is 10.2. The zero-order valence-corrected chi connectivity index (χ0v) is 21.2. The highest BCUT2D eigenvalue weighted by Gasteiger charge is 2.31. The molecule has 0 atom stereocenters.